The summed E-state index contributed by atoms with van der Waals surface area (Å²) in [5.41, 5.74) is 2.51. The minimum Gasteiger partial charge on any atom is -0.507 e. The number of carbonyl (C=O) groups is 1. The van der Waals surface area contributed by atoms with E-state index < -0.39 is 0 Å². The van der Waals surface area contributed by atoms with E-state index >= 15 is 0 Å². The van der Waals surface area contributed by atoms with Crippen LogP contribution in [0.1, 0.15) is 21.5 Å². The summed E-state index contributed by atoms with van der Waals surface area (Å²) in [5.74, 6) is 0.936. The third-order valence-electron chi connectivity index (χ3n) is 3.67. The van der Waals surface area contributed by atoms with Gasteiger partial charge in [-0.25, -0.2) is 0 Å². The third kappa shape index (κ3) is 4.41. The molecular formula is C19H23NO4. The van der Waals surface area contributed by atoms with Crippen molar-refractivity contribution in [3.8, 4) is 17.2 Å². The first-order chi connectivity index (χ1) is 11.4. The maximum Gasteiger partial charge on any atom is 0.257 e. The first kappa shape index (κ1) is 17.7. The van der Waals surface area contributed by atoms with Gasteiger partial charge in [0.05, 0.1) is 19.2 Å². The summed E-state index contributed by atoms with van der Waals surface area (Å²) < 4.78 is 10.7. The van der Waals surface area contributed by atoms with Gasteiger partial charge in [0, 0.05) is 13.1 Å². The van der Waals surface area contributed by atoms with Crippen LogP contribution in [0.2, 0.25) is 0 Å². The molecule has 5 heteroatoms. The SMILES string of the molecule is COc1ccc(C(=O)N(C)CCOc2cc(C)cc(C)c2)c(O)c1. The third-order valence-corrected chi connectivity index (χ3v) is 3.67. The number of carbonyl (C=O) groups excluding carboxylic acids is 1. The molecule has 24 heavy (non-hydrogen) atoms. The molecule has 1 N–H and O–H groups in total. The molecule has 0 fully saturated rings. The number of phenols is 1. The number of amides is 1. The highest BCUT2D eigenvalue weighted by Crippen LogP contribution is 2.24. The van der Waals surface area contributed by atoms with Crippen LogP contribution in [-0.4, -0.2) is 43.2 Å². The number of hydrogen-bond acceptors (Lipinski definition) is 4. The van der Waals surface area contributed by atoms with Crippen molar-refractivity contribution in [3.05, 3.63) is 53.1 Å². The van der Waals surface area contributed by atoms with Gasteiger partial charge in [0.25, 0.3) is 5.91 Å². The lowest BCUT2D eigenvalue weighted by Gasteiger charge is -2.18. The van der Waals surface area contributed by atoms with Crippen molar-refractivity contribution in [1.82, 2.24) is 4.90 Å². The number of aromatic hydroxyl groups is 1. The van der Waals surface area contributed by atoms with Crippen LogP contribution >= 0.6 is 0 Å². The summed E-state index contributed by atoms with van der Waals surface area (Å²) in [4.78, 5) is 13.9. The van der Waals surface area contributed by atoms with Crippen LogP contribution in [0.15, 0.2) is 36.4 Å². The van der Waals surface area contributed by atoms with Crippen molar-refractivity contribution in [3.63, 3.8) is 0 Å². The Hall–Kier alpha value is -2.69. The van der Waals surface area contributed by atoms with E-state index in [4.69, 9.17) is 9.47 Å². The van der Waals surface area contributed by atoms with Crippen molar-refractivity contribution in [1.29, 1.82) is 0 Å². The van der Waals surface area contributed by atoms with E-state index in [-0.39, 0.29) is 17.2 Å². The molecule has 0 bridgehead atoms. The Morgan fingerprint density at radius 3 is 2.33 bits per heavy atom. The Morgan fingerprint density at radius 1 is 1.08 bits per heavy atom. The molecule has 2 rings (SSSR count). The summed E-state index contributed by atoms with van der Waals surface area (Å²) in [6.45, 7) is 4.82. The van der Waals surface area contributed by atoms with Gasteiger partial charge < -0.3 is 19.5 Å². The maximum atomic E-state index is 12.4. The molecule has 0 aliphatic rings. The molecule has 1 amide bonds. The maximum absolute atomic E-state index is 12.4. The monoisotopic (exact) mass is 329 g/mol. The van der Waals surface area contributed by atoms with Crippen LogP contribution < -0.4 is 9.47 Å². The molecule has 0 aromatic heterocycles. The predicted molar refractivity (Wildman–Crippen MR) is 93.0 cm³/mol. The van der Waals surface area contributed by atoms with Gasteiger partial charge in [0.15, 0.2) is 0 Å². The van der Waals surface area contributed by atoms with Crippen molar-refractivity contribution in [2.45, 2.75) is 13.8 Å². The molecule has 0 heterocycles. The van der Waals surface area contributed by atoms with Crippen molar-refractivity contribution in [2.75, 3.05) is 27.3 Å². The first-order valence-corrected chi connectivity index (χ1v) is 7.74. The lowest BCUT2D eigenvalue weighted by atomic mass is 10.1. The Morgan fingerprint density at radius 2 is 1.75 bits per heavy atom. The smallest absolute Gasteiger partial charge is 0.257 e. The molecule has 0 spiro atoms. The fraction of sp³-hybridized carbons (Fsp3) is 0.316. The zero-order chi connectivity index (χ0) is 17.7. The highest BCUT2D eigenvalue weighted by Gasteiger charge is 2.16. The molecule has 0 unspecified atom stereocenters. The number of nitrogens with zero attached hydrogens (tertiary/aromatic N) is 1. The fourth-order valence-corrected chi connectivity index (χ4v) is 2.44. The average Bonchev–Trinajstić information content (AvgIpc) is 2.53. The molecule has 5 nitrogen and oxygen atoms in total. The number of benzene rings is 2. The van der Waals surface area contributed by atoms with E-state index in [0.717, 1.165) is 16.9 Å². The highest BCUT2D eigenvalue weighted by atomic mass is 16.5. The first-order valence-electron chi connectivity index (χ1n) is 7.74. The van der Waals surface area contributed by atoms with Gasteiger partial charge in [-0.05, 0) is 49.2 Å². The van der Waals surface area contributed by atoms with E-state index in [1.807, 2.05) is 26.0 Å². The summed E-state index contributed by atoms with van der Waals surface area (Å²) in [7, 11) is 3.18. The quantitative estimate of drug-likeness (QED) is 0.884. The fourth-order valence-electron chi connectivity index (χ4n) is 2.44. The Bertz CT molecular complexity index is 707. The van der Waals surface area contributed by atoms with Gasteiger partial charge in [-0.1, -0.05) is 6.07 Å². The zero-order valence-corrected chi connectivity index (χ0v) is 14.5. The van der Waals surface area contributed by atoms with E-state index in [1.54, 1.807) is 19.2 Å². The standard InChI is InChI=1S/C19H23NO4/c1-13-9-14(2)11-16(10-13)24-8-7-20(3)19(22)17-6-5-15(23-4)12-18(17)21/h5-6,9-12,21H,7-8H2,1-4H3. The van der Waals surface area contributed by atoms with Gasteiger partial charge >= 0.3 is 0 Å². The summed E-state index contributed by atoms with van der Waals surface area (Å²) >= 11 is 0. The van der Waals surface area contributed by atoms with Gasteiger partial charge in [-0.15, -0.1) is 0 Å². The predicted octanol–water partition coefficient (Wildman–Crippen LogP) is 3.17. The van der Waals surface area contributed by atoms with E-state index in [0.29, 0.717) is 18.9 Å². The second-order valence-electron chi connectivity index (χ2n) is 5.78. The number of phenolic OH excluding ortho intramolecular Hbond substituents is 1. The zero-order valence-electron chi connectivity index (χ0n) is 14.5. The molecule has 0 aliphatic heterocycles. The Balaban J connectivity index is 1.94. The lowest BCUT2D eigenvalue weighted by Crippen LogP contribution is -2.30. The van der Waals surface area contributed by atoms with Crippen LogP contribution in [0.3, 0.4) is 0 Å². The van der Waals surface area contributed by atoms with Crippen LogP contribution in [0.4, 0.5) is 0 Å². The van der Waals surface area contributed by atoms with E-state index in [9.17, 15) is 9.90 Å². The summed E-state index contributed by atoms with van der Waals surface area (Å²) in [6.07, 6.45) is 0. The van der Waals surface area contributed by atoms with Crippen LogP contribution in [0.5, 0.6) is 17.2 Å². The molecule has 2 aromatic carbocycles. The van der Waals surface area contributed by atoms with Gasteiger partial charge in [-0.2, -0.15) is 0 Å². The molecule has 128 valence electrons. The molecule has 0 aliphatic carbocycles. The van der Waals surface area contributed by atoms with Gasteiger partial charge in [0.2, 0.25) is 0 Å². The Kier molecular flexibility index (Phi) is 5.68. The van der Waals surface area contributed by atoms with E-state index in [2.05, 4.69) is 6.07 Å². The number of methoxy groups -OCH3 is 1. The van der Waals surface area contributed by atoms with Crippen molar-refractivity contribution < 1.29 is 19.4 Å². The van der Waals surface area contributed by atoms with Gasteiger partial charge in [-0.3, -0.25) is 4.79 Å². The highest BCUT2D eigenvalue weighted by molar-refractivity contribution is 5.96. The normalized spacial score (nSPS) is 10.3. The topological polar surface area (TPSA) is 59.0 Å². The number of rotatable bonds is 6. The molecular weight excluding hydrogens is 306 g/mol. The second-order valence-corrected chi connectivity index (χ2v) is 5.78. The summed E-state index contributed by atoms with van der Waals surface area (Å²) in [6, 6.07) is 10.6. The minimum absolute atomic E-state index is 0.0959. The minimum atomic E-state index is -0.265. The Labute approximate surface area is 142 Å². The van der Waals surface area contributed by atoms with Crippen LogP contribution in [0, 0.1) is 13.8 Å². The molecule has 0 saturated heterocycles. The van der Waals surface area contributed by atoms with Crippen LogP contribution in [0.25, 0.3) is 0 Å². The molecule has 2 aromatic rings. The van der Waals surface area contributed by atoms with Crippen LogP contribution in [-0.2, 0) is 0 Å². The molecule has 0 radical (unpaired) electrons. The van der Waals surface area contributed by atoms with Crippen molar-refractivity contribution in [2.24, 2.45) is 0 Å². The van der Waals surface area contributed by atoms with Crippen molar-refractivity contribution >= 4 is 5.91 Å². The largest absolute Gasteiger partial charge is 0.507 e. The number of hydrogen-bond donors (Lipinski definition) is 1. The van der Waals surface area contributed by atoms with E-state index in [1.165, 1.54) is 18.1 Å². The van der Waals surface area contributed by atoms with Gasteiger partial charge in [0.1, 0.15) is 23.9 Å². The number of likely N-dealkylation sites (N-methyl/N-ethyl adjacent to an activating group) is 1. The summed E-state index contributed by atoms with van der Waals surface area (Å²) in [5, 5.41) is 9.95. The molecule has 0 saturated carbocycles. The average molecular weight is 329 g/mol. The molecule has 0 atom stereocenters. The lowest BCUT2D eigenvalue weighted by molar-refractivity contribution is 0.0770. The number of aryl methyl sites for hydroxylation is 2. The second kappa shape index (κ2) is 7.73. The number of ether oxygens (including phenoxy) is 2.